The first kappa shape index (κ1) is 42.8. The maximum absolute atomic E-state index is 15.3. The summed E-state index contributed by atoms with van der Waals surface area (Å²) in [6, 6.07) is 0. The highest BCUT2D eigenvalue weighted by Crippen LogP contribution is 2.72. The van der Waals surface area contributed by atoms with Gasteiger partial charge < -0.3 is 30.5 Å². The number of esters is 2. The average Bonchev–Trinajstić information content (AvgIpc) is 4.07. The van der Waals surface area contributed by atoms with Gasteiger partial charge in [-0.2, -0.15) is 0 Å². The number of imide groups is 1. The number of allylic oxidation sites excluding steroid dienone is 6. The molecule has 4 fully saturated rings. The summed E-state index contributed by atoms with van der Waals surface area (Å²) in [7, 11) is 3.59. The topological polar surface area (TPSA) is 146 Å². The van der Waals surface area contributed by atoms with Gasteiger partial charge >= 0.3 is 11.9 Å². The molecular weight excluding hydrogens is 845 g/mol. The van der Waals surface area contributed by atoms with Crippen molar-refractivity contribution in [3.63, 3.8) is 0 Å². The van der Waals surface area contributed by atoms with Gasteiger partial charge in [-0.05, 0) is 111 Å². The van der Waals surface area contributed by atoms with E-state index in [1.54, 1.807) is 10.8 Å². The molecule has 13 heteroatoms. The predicted octanol–water partition coefficient (Wildman–Crippen LogP) is 7.91. The van der Waals surface area contributed by atoms with E-state index in [0.717, 1.165) is 90.8 Å². The van der Waals surface area contributed by atoms with Crippen molar-refractivity contribution in [2.24, 2.45) is 46.3 Å². The first-order valence-electron chi connectivity index (χ1n) is 24.4. The molecule has 0 aromatic heterocycles. The first-order chi connectivity index (χ1) is 31.1. The second-order valence-corrected chi connectivity index (χ2v) is 22.9. The molecule has 6 aliphatic carbocycles. The van der Waals surface area contributed by atoms with Crippen LogP contribution in [0.2, 0.25) is 0 Å². The summed E-state index contributed by atoms with van der Waals surface area (Å²) >= 11 is 0. The zero-order valence-corrected chi connectivity index (χ0v) is 38.8. The van der Waals surface area contributed by atoms with Gasteiger partial charge in [0.2, 0.25) is 0 Å². The molecule has 4 N–H and O–H groups in total. The van der Waals surface area contributed by atoms with Crippen LogP contribution in [0.4, 0.5) is 0 Å². The van der Waals surface area contributed by atoms with Gasteiger partial charge in [-0.1, -0.05) is 91.7 Å². The Labute approximate surface area is 384 Å². The number of aliphatic hydroxyl groups excluding tert-OH is 1. The summed E-state index contributed by atoms with van der Waals surface area (Å²) in [5, 5.41) is 21.7. The van der Waals surface area contributed by atoms with Crippen molar-refractivity contribution in [3.8, 4) is 0 Å². The van der Waals surface area contributed by atoms with Crippen molar-refractivity contribution in [2.45, 2.75) is 127 Å². The molecule has 7 heterocycles. The Morgan fingerprint density at radius 1 is 0.938 bits per heavy atom. The third-order valence-electron chi connectivity index (χ3n) is 17.1. The Morgan fingerprint density at radius 3 is 2.50 bits per heavy atom. The van der Waals surface area contributed by atoms with Gasteiger partial charge in [0.05, 0.1) is 22.5 Å². The standard InChI is InChI=1S/C51H62N4O7S2/c1-3-50(21-7-8-22-50)25-37-35-12-11-33-32-19-23-51(44(33)43(35)48(59)61-37)38-15-13-30(29-9-5-4-6-10-29)47(53-26-28(2)56)64-63-39-16-14-34-31(20-24-52-46(34)54-39)36(42(32)45(51)49(60)62-38)27-55-40(57)17-18-41(55)58/h14-18,20,25,28-30,32-33,36,39,44,47,52-54,56H,3-13,19,21-24,26-27H2,1-2H3. The van der Waals surface area contributed by atoms with Crippen molar-refractivity contribution in [1.82, 2.24) is 20.9 Å². The van der Waals surface area contributed by atoms with Gasteiger partial charge in [0.25, 0.3) is 11.8 Å². The molecule has 9 unspecified atom stereocenters. The molecule has 9 bridgehead atoms. The number of cyclic esters (lactones) is 1. The van der Waals surface area contributed by atoms with Crippen LogP contribution < -0.4 is 16.0 Å². The summed E-state index contributed by atoms with van der Waals surface area (Å²) in [6.45, 7) is 5.18. The lowest BCUT2D eigenvalue weighted by molar-refractivity contribution is -0.138. The Bertz CT molecular complexity index is 2270. The van der Waals surface area contributed by atoms with Crippen molar-refractivity contribution in [3.05, 3.63) is 93.3 Å². The van der Waals surface area contributed by atoms with Crippen molar-refractivity contribution >= 4 is 45.3 Å². The Balaban J connectivity index is 1.12. The fraction of sp³-hybridized carbons (Fsp3) is 0.608. The zero-order valence-electron chi connectivity index (χ0n) is 37.1. The molecule has 1 spiro atoms. The van der Waals surface area contributed by atoms with E-state index in [1.165, 1.54) is 49.2 Å². The molecule has 0 radical (unpaired) electrons. The third-order valence-corrected chi connectivity index (χ3v) is 20.0. The molecule has 13 rings (SSSR count). The fourth-order valence-corrected chi connectivity index (χ4v) is 17.1. The van der Waals surface area contributed by atoms with Crippen LogP contribution in [0.1, 0.15) is 110 Å². The number of rotatable bonds is 8. The number of nitrogens with zero attached hydrogens (tertiary/aromatic N) is 1. The summed E-state index contributed by atoms with van der Waals surface area (Å²) in [5.74, 6) is 0.735. The molecule has 9 atom stereocenters. The maximum atomic E-state index is 15.3. The lowest BCUT2D eigenvalue weighted by Gasteiger charge is -2.57. The van der Waals surface area contributed by atoms with Gasteiger partial charge in [-0.3, -0.25) is 14.5 Å². The molecule has 0 aromatic carbocycles. The van der Waals surface area contributed by atoms with E-state index in [0.29, 0.717) is 43.2 Å². The highest BCUT2D eigenvalue weighted by Gasteiger charge is 2.69. The van der Waals surface area contributed by atoms with Crippen LogP contribution in [0.3, 0.4) is 0 Å². The molecule has 64 heavy (non-hydrogen) atoms. The van der Waals surface area contributed by atoms with E-state index in [1.807, 2.05) is 17.7 Å². The minimum absolute atomic E-state index is 0.000631. The highest BCUT2D eigenvalue weighted by atomic mass is 33.1. The Kier molecular flexibility index (Phi) is 11.3. The molecule has 3 saturated carbocycles. The minimum atomic E-state index is -0.915. The van der Waals surface area contributed by atoms with E-state index in [9.17, 15) is 19.5 Å². The number of fused-ring (bicyclic) bond motifs is 6. The number of hydrogen-bond donors (Lipinski definition) is 4. The Hall–Kier alpha value is -3.78. The van der Waals surface area contributed by atoms with E-state index in [2.05, 4.69) is 53.3 Å². The van der Waals surface area contributed by atoms with Gasteiger partial charge in [0, 0.05) is 60.3 Å². The molecule has 11 nitrogen and oxygen atoms in total. The van der Waals surface area contributed by atoms with E-state index in [-0.39, 0.29) is 70.1 Å². The van der Waals surface area contributed by atoms with Crippen molar-refractivity contribution in [2.75, 3.05) is 19.6 Å². The largest absolute Gasteiger partial charge is 0.427 e. The molecule has 1 saturated heterocycles. The van der Waals surface area contributed by atoms with Crippen LogP contribution in [0.25, 0.3) is 0 Å². The molecule has 7 aliphatic heterocycles. The second-order valence-electron chi connectivity index (χ2n) is 20.4. The van der Waals surface area contributed by atoms with Crippen molar-refractivity contribution < 1.29 is 33.8 Å². The van der Waals surface area contributed by atoms with Crippen LogP contribution >= 0.6 is 21.6 Å². The normalized spacial score (nSPS) is 36.6. The van der Waals surface area contributed by atoms with Gasteiger partial charge in [-0.25, -0.2) is 9.59 Å². The number of carbonyl (C=O) groups excluding carboxylic acids is 4. The van der Waals surface area contributed by atoms with E-state index < -0.39 is 17.4 Å². The van der Waals surface area contributed by atoms with E-state index >= 15 is 4.79 Å². The fourth-order valence-electron chi connectivity index (χ4n) is 14.2. The van der Waals surface area contributed by atoms with E-state index in [4.69, 9.17) is 9.47 Å². The number of hydrogen-bond acceptors (Lipinski definition) is 12. The summed E-state index contributed by atoms with van der Waals surface area (Å²) < 4.78 is 13.2. The lowest BCUT2D eigenvalue weighted by Crippen LogP contribution is -2.54. The summed E-state index contributed by atoms with van der Waals surface area (Å²) in [4.78, 5) is 58.3. The van der Waals surface area contributed by atoms with Crippen LogP contribution in [0.5, 0.6) is 0 Å². The zero-order chi connectivity index (χ0) is 43.9. The highest BCUT2D eigenvalue weighted by molar-refractivity contribution is 8.77. The maximum Gasteiger partial charge on any atom is 0.340 e. The summed E-state index contributed by atoms with van der Waals surface area (Å²) in [5.41, 5.74) is 4.41. The van der Waals surface area contributed by atoms with Gasteiger partial charge in [-0.15, -0.1) is 0 Å². The number of nitrogens with one attached hydrogen (secondary N) is 3. The number of dihydropyridines is 2. The number of carbonyl (C=O) groups is 4. The minimum Gasteiger partial charge on any atom is -0.427 e. The second kappa shape index (κ2) is 16.8. The Morgan fingerprint density at radius 2 is 1.73 bits per heavy atom. The van der Waals surface area contributed by atoms with Gasteiger partial charge in [0.15, 0.2) is 0 Å². The number of aliphatic hydroxyl groups is 1. The molecule has 340 valence electrons. The number of amides is 2. The smallest absolute Gasteiger partial charge is 0.340 e. The third kappa shape index (κ3) is 6.98. The van der Waals surface area contributed by atoms with Crippen LogP contribution in [-0.4, -0.2) is 70.2 Å². The molecule has 2 amide bonds. The molecular formula is C51H62N4O7S2. The van der Waals surface area contributed by atoms with Crippen LogP contribution in [0, 0.1) is 46.3 Å². The quantitative estimate of drug-likeness (QED) is 0.107. The molecule has 0 aromatic rings. The summed E-state index contributed by atoms with van der Waals surface area (Å²) in [6.07, 6.45) is 28.3. The van der Waals surface area contributed by atoms with Crippen LogP contribution in [-0.2, 0) is 28.7 Å². The predicted molar refractivity (Wildman–Crippen MR) is 247 cm³/mol. The monoisotopic (exact) mass is 906 g/mol. The molecule has 13 aliphatic rings. The average molecular weight is 907 g/mol. The van der Waals surface area contributed by atoms with Crippen molar-refractivity contribution in [1.29, 1.82) is 0 Å². The SMILES string of the molecule is CCC1(C=C2OC(=O)C3=C2CCC2C4CCC5(C6=CCC(C7CCCCC7)C(NCC(C)O)SSC7C=CC8=C(NCC=C8C(CN8C(=O)C=CC8=O)C4=C5C(=O)O6)N7)C32)CCCC1. The lowest BCUT2D eigenvalue weighted by atomic mass is 9.43. The van der Waals surface area contributed by atoms with Gasteiger partial charge in [0.1, 0.15) is 22.7 Å². The van der Waals surface area contributed by atoms with Crippen LogP contribution in [0.15, 0.2) is 93.3 Å². The number of ether oxygens (including phenoxy) is 2. The first-order valence-corrected chi connectivity index (χ1v) is 26.6.